The van der Waals surface area contributed by atoms with Crippen LogP contribution in [0.15, 0.2) is 30.3 Å². The van der Waals surface area contributed by atoms with Crippen LogP contribution in [0.4, 0.5) is 0 Å². The van der Waals surface area contributed by atoms with Crippen molar-refractivity contribution in [3.8, 4) is 0 Å². The van der Waals surface area contributed by atoms with E-state index in [1.54, 1.807) is 0 Å². The number of nitrogens with two attached hydrogens (primary N) is 1. The average Bonchev–Trinajstić information content (AvgIpc) is 2.43. The van der Waals surface area contributed by atoms with E-state index in [2.05, 4.69) is 51.1 Å². The molecule has 1 aromatic rings. The normalized spacial score (nSPS) is 22.4. The van der Waals surface area contributed by atoms with Gasteiger partial charge >= 0.3 is 0 Å². The molecular formula is C18H29NO. The summed E-state index contributed by atoms with van der Waals surface area (Å²) in [7, 11) is 0. The molecule has 2 N–H and O–H groups in total. The Balaban J connectivity index is 2.08. The van der Waals surface area contributed by atoms with Crippen LogP contribution in [-0.4, -0.2) is 18.2 Å². The maximum atomic E-state index is 6.57. The monoisotopic (exact) mass is 275 g/mol. The minimum Gasteiger partial charge on any atom is -0.374 e. The fourth-order valence-electron chi connectivity index (χ4n) is 3.31. The Labute approximate surface area is 123 Å². The topological polar surface area (TPSA) is 35.2 Å². The number of hydrogen-bond acceptors (Lipinski definition) is 2. The van der Waals surface area contributed by atoms with Crippen molar-refractivity contribution >= 4 is 0 Å². The lowest BCUT2D eigenvalue weighted by Gasteiger charge is -2.46. The lowest BCUT2D eigenvalue weighted by atomic mass is 9.68. The van der Waals surface area contributed by atoms with Gasteiger partial charge in [-0.15, -0.1) is 0 Å². The predicted octanol–water partition coefficient (Wildman–Crippen LogP) is 3.93. The first kappa shape index (κ1) is 15.5. The van der Waals surface area contributed by atoms with Crippen LogP contribution >= 0.6 is 0 Å². The van der Waals surface area contributed by atoms with E-state index in [1.165, 1.54) is 18.4 Å². The van der Waals surface area contributed by atoms with Crippen LogP contribution in [0.2, 0.25) is 0 Å². The minimum atomic E-state index is -0.125. The van der Waals surface area contributed by atoms with Gasteiger partial charge in [-0.05, 0) is 50.0 Å². The lowest BCUT2D eigenvalue weighted by Crippen LogP contribution is -2.54. The van der Waals surface area contributed by atoms with Gasteiger partial charge in [0.05, 0.1) is 5.60 Å². The third-order valence-electron chi connectivity index (χ3n) is 4.86. The van der Waals surface area contributed by atoms with E-state index in [4.69, 9.17) is 10.5 Å². The van der Waals surface area contributed by atoms with E-state index in [0.29, 0.717) is 5.41 Å². The fraction of sp³-hybridized carbons (Fsp3) is 0.667. The van der Waals surface area contributed by atoms with E-state index < -0.39 is 0 Å². The molecule has 2 nitrogen and oxygen atoms in total. The molecule has 1 fully saturated rings. The molecule has 1 aliphatic carbocycles. The summed E-state index contributed by atoms with van der Waals surface area (Å²) in [6.07, 6.45) is 5.48. The zero-order chi connectivity index (χ0) is 14.6. The van der Waals surface area contributed by atoms with Crippen molar-refractivity contribution in [2.24, 2.45) is 11.1 Å². The molecule has 1 aromatic carbocycles. The van der Waals surface area contributed by atoms with Crippen LogP contribution < -0.4 is 5.73 Å². The highest BCUT2D eigenvalue weighted by atomic mass is 16.5. The Morgan fingerprint density at radius 3 is 2.25 bits per heavy atom. The molecule has 0 spiro atoms. The van der Waals surface area contributed by atoms with Crippen LogP contribution in [0.25, 0.3) is 0 Å². The molecule has 1 saturated carbocycles. The Morgan fingerprint density at radius 2 is 1.70 bits per heavy atom. The van der Waals surface area contributed by atoms with Crippen molar-refractivity contribution in [3.05, 3.63) is 35.9 Å². The summed E-state index contributed by atoms with van der Waals surface area (Å²) in [4.78, 5) is 0. The van der Waals surface area contributed by atoms with Gasteiger partial charge in [-0.1, -0.05) is 44.2 Å². The molecule has 1 unspecified atom stereocenters. The molecule has 0 aliphatic heterocycles. The first-order valence-electron chi connectivity index (χ1n) is 7.91. The summed E-state index contributed by atoms with van der Waals surface area (Å²) in [5.41, 5.74) is 8.19. The molecule has 0 radical (unpaired) electrons. The molecule has 0 heterocycles. The van der Waals surface area contributed by atoms with Crippen LogP contribution in [-0.2, 0) is 11.2 Å². The molecule has 0 bridgehead atoms. The minimum absolute atomic E-state index is 0.0842. The van der Waals surface area contributed by atoms with Crippen LogP contribution in [0.3, 0.4) is 0 Å². The summed E-state index contributed by atoms with van der Waals surface area (Å²) in [5, 5.41) is 0. The van der Waals surface area contributed by atoms with Gasteiger partial charge in [-0.2, -0.15) is 0 Å². The van der Waals surface area contributed by atoms with Crippen LogP contribution in [0.1, 0.15) is 52.0 Å². The van der Waals surface area contributed by atoms with Gasteiger partial charge in [-0.3, -0.25) is 0 Å². The number of ether oxygens (including phenoxy) is 1. The highest BCUT2D eigenvalue weighted by Gasteiger charge is 2.43. The molecule has 0 aromatic heterocycles. The lowest BCUT2D eigenvalue weighted by molar-refractivity contribution is -0.0987. The van der Waals surface area contributed by atoms with E-state index in [1.807, 2.05) is 0 Å². The largest absolute Gasteiger partial charge is 0.374 e. The zero-order valence-corrected chi connectivity index (χ0v) is 13.2. The van der Waals surface area contributed by atoms with Gasteiger partial charge in [0.15, 0.2) is 0 Å². The van der Waals surface area contributed by atoms with Gasteiger partial charge in [0.1, 0.15) is 0 Å². The summed E-state index contributed by atoms with van der Waals surface area (Å²) >= 11 is 0. The van der Waals surface area contributed by atoms with Crippen molar-refractivity contribution in [2.45, 2.75) is 64.5 Å². The average molecular weight is 275 g/mol. The molecule has 20 heavy (non-hydrogen) atoms. The van der Waals surface area contributed by atoms with Gasteiger partial charge in [-0.25, -0.2) is 0 Å². The molecule has 0 saturated heterocycles. The molecular weight excluding hydrogens is 246 g/mol. The van der Waals surface area contributed by atoms with Crippen molar-refractivity contribution in [1.82, 2.24) is 0 Å². The fourth-order valence-corrected chi connectivity index (χ4v) is 3.31. The summed E-state index contributed by atoms with van der Waals surface area (Å²) in [5.74, 6) is 0. The van der Waals surface area contributed by atoms with Gasteiger partial charge in [0, 0.05) is 12.6 Å². The molecule has 0 amide bonds. The predicted molar refractivity (Wildman–Crippen MR) is 84.7 cm³/mol. The number of benzene rings is 1. The number of rotatable bonds is 5. The molecule has 1 aliphatic rings. The van der Waals surface area contributed by atoms with Crippen LogP contribution in [0, 0.1) is 5.41 Å². The molecule has 2 rings (SSSR count). The SMILES string of the molecule is CCOC1(C(N)Cc2ccccc2)CCC(C)(C)CC1. The van der Waals surface area contributed by atoms with E-state index in [0.717, 1.165) is 25.9 Å². The second-order valence-electron chi connectivity index (χ2n) is 6.96. The first-order chi connectivity index (χ1) is 9.47. The van der Waals surface area contributed by atoms with Gasteiger partial charge in [0.2, 0.25) is 0 Å². The maximum absolute atomic E-state index is 6.57. The molecule has 112 valence electrons. The highest BCUT2D eigenvalue weighted by molar-refractivity contribution is 5.17. The Morgan fingerprint density at radius 1 is 1.10 bits per heavy atom. The Kier molecular flexibility index (Phi) is 4.87. The first-order valence-corrected chi connectivity index (χ1v) is 7.91. The quantitative estimate of drug-likeness (QED) is 0.883. The Hall–Kier alpha value is -0.860. The van der Waals surface area contributed by atoms with E-state index in [9.17, 15) is 0 Å². The molecule has 2 heteroatoms. The van der Waals surface area contributed by atoms with E-state index in [-0.39, 0.29) is 11.6 Å². The smallest absolute Gasteiger partial charge is 0.0836 e. The van der Waals surface area contributed by atoms with E-state index >= 15 is 0 Å². The van der Waals surface area contributed by atoms with Gasteiger partial charge in [0.25, 0.3) is 0 Å². The molecule has 1 atom stereocenters. The summed E-state index contributed by atoms with van der Waals surface area (Å²) < 4.78 is 6.17. The van der Waals surface area contributed by atoms with Gasteiger partial charge < -0.3 is 10.5 Å². The van der Waals surface area contributed by atoms with Crippen molar-refractivity contribution in [2.75, 3.05) is 6.61 Å². The summed E-state index contributed by atoms with van der Waals surface area (Å²) in [6.45, 7) is 7.54. The highest BCUT2D eigenvalue weighted by Crippen LogP contribution is 2.43. The van der Waals surface area contributed by atoms with Crippen LogP contribution in [0.5, 0.6) is 0 Å². The zero-order valence-electron chi connectivity index (χ0n) is 13.2. The third-order valence-corrected chi connectivity index (χ3v) is 4.86. The third kappa shape index (κ3) is 3.62. The van der Waals surface area contributed by atoms with Crippen molar-refractivity contribution in [1.29, 1.82) is 0 Å². The second kappa shape index (κ2) is 6.28. The standard InChI is InChI=1S/C18H29NO/c1-4-20-18(12-10-17(2,3)11-13-18)16(19)14-15-8-6-5-7-9-15/h5-9,16H,4,10-14,19H2,1-3H3. The maximum Gasteiger partial charge on any atom is 0.0836 e. The number of hydrogen-bond donors (Lipinski definition) is 1. The van der Waals surface area contributed by atoms with Crippen molar-refractivity contribution in [3.63, 3.8) is 0 Å². The second-order valence-corrected chi connectivity index (χ2v) is 6.96. The summed E-state index contributed by atoms with van der Waals surface area (Å²) in [6, 6.07) is 10.6. The van der Waals surface area contributed by atoms with Crippen molar-refractivity contribution < 1.29 is 4.74 Å². The Bertz CT molecular complexity index is 403.